The molecule has 190 valence electrons. The highest BCUT2D eigenvalue weighted by atomic mass is 79.9. The Kier molecular flexibility index (Phi) is 5.67. The number of nitrogens with zero attached hydrogens (tertiary/aromatic N) is 5. The number of aromatic nitrogens is 2. The second-order valence-corrected chi connectivity index (χ2v) is 10.7. The summed E-state index contributed by atoms with van der Waals surface area (Å²) >= 11 is 3.71. The van der Waals surface area contributed by atoms with Crippen molar-refractivity contribution in [3.8, 4) is 5.69 Å². The molecule has 1 unspecified atom stereocenters. The number of fused-ring (bicyclic) bond motifs is 4. The van der Waals surface area contributed by atoms with Gasteiger partial charge in [0.05, 0.1) is 28.8 Å². The van der Waals surface area contributed by atoms with Crippen LogP contribution in [-0.2, 0) is 0 Å². The molecule has 2 aliphatic rings. The van der Waals surface area contributed by atoms with E-state index in [0.717, 1.165) is 55.7 Å². The van der Waals surface area contributed by atoms with E-state index in [0.29, 0.717) is 5.84 Å². The molecule has 0 bridgehead atoms. The number of benzene rings is 4. The summed E-state index contributed by atoms with van der Waals surface area (Å²) in [7, 11) is 0. The van der Waals surface area contributed by atoms with Gasteiger partial charge in [-0.2, -0.15) is 5.10 Å². The van der Waals surface area contributed by atoms with Crippen molar-refractivity contribution in [2.24, 2.45) is 9.98 Å². The lowest BCUT2D eigenvalue weighted by Gasteiger charge is -2.40. The quantitative estimate of drug-likeness (QED) is 0.238. The number of amidine groups is 2. The van der Waals surface area contributed by atoms with E-state index < -0.39 is 0 Å². The number of aryl methyl sites for hydroxylation is 2. The third kappa shape index (κ3) is 4.06. The lowest BCUT2D eigenvalue weighted by molar-refractivity contribution is 0.815. The van der Waals surface area contributed by atoms with Crippen LogP contribution >= 0.6 is 15.9 Å². The molecule has 0 amide bonds. The Morgan fingerprint density at radius 3 is 2.41 bits per heavy atom. The zero-order chi connectivity index (χ0) is 26.5. The summed E-state index contributed by atoms with van der Waals surface area (Å²) in [6.45, 7) is 4.16. The average molecular weight is 573 g/mol. The average Bonchev–Trinajstić information content (AvgIpc) is 3.28. The molecule has 4 aromatic carbocycles. The van der Waals surface area contributed by atoms with Gasteiger partial charge in [0, 0.05) is 15.7 Å². The summed E-state index contributed by atoms with van der Waals surface area (Å²) < 4.78 is 2.97. The van der Waals surface area contributed by atoms with E-state index in [-0.39, 0.29) is 6.04 Å². The van der Waals surface area contributed by atoms with Crippen molar-refractivity contribution in [2.45, 2.75) is 19.9 Å². The zero-order valence-corrected chi connectivity index (χ0v) is 23.1. The number of nitrogens with one attached hydrogen (secondary N) is 1. The van der Waals surface area contributed by atoms with Crippen LogP contribution in [0.2, 0.25) is 0 Å². The number of hydrogen-bond donors (Lipinski definition) is 1. The summed E-state index contributed by atoms with van der Waals surface area (Å²) in [6, 6.07) is 35.1. The Balaban J connectivity index is 1.51. The van der Waals surface area contributed by atoms with Crippen molar-refractivity contribution in [3.05, 3.63) is 130 Å². The van der Waals surface area contributed by atoms with Gasteiger partial charge in [-0.15, -0.1) is 0 Å². The van der Waals surface area contributed by atoms with Crippen LogP contribution in [-0.4, -0.2) is 21.5 Å². The van der Waals surface area contributed by atoms with Gasteiger partial charge in [-0.1, -0.05) is 70.5 Å². The number of rotatable bonds is 3. The Labute approximate surface area is 235 Å². The molecular weight excluding hydrogens is 548 g/mol. The molecule has 1 atom stereocenters. The largest absolute Gasteiger partial charge is 0.337 e. The topological polar surface area (TPSA) is 57.8 Å². The van der Waals surface area contributed by atoms with Gasteiger partial charge in [0.2, 0.25) is 0 Å². The molecule has 2 aliphatic heterocycles. The standard InChI is InChI=1S/C32H25BrN6/c1-20-10-8-13-24(18-20)34-30-32-36-31-28(21(2)37-39(31)25-14-4-3-5-15-25)29(22-11-9-12-23(33)19-22)38(32)27-17-7-6-16-26(27)35-30/h3-19,29H,1-2H3,(H,34,35). The molecular formula is C32H25BrN6. The zero-order valence-electron chi connectivity index (χ0n) is 21.5. The third-order valence-electron chi connectivity index (χ3n) is 7.08. The van der Waals surface area contributed by atoms with Gasteiger partial charge in [0.1, 0.15) is 0 Å². The van der Waals surface area contributed by atoms with E-state index in [4.69, 9.17) is 15.1 Å². The molecule has 7 heteroatoms. The van der Waals surface area contributed by atoms with E-state index >= 15 is 0 Å². The van der Waals surface area contributed by atoms with Crippen LogP contribution in [0.25, 0.3) is 5.69 Å². The van der Waals surface area contributed by atoms with E-state index in [1.54, 1.807) is 0 Å². The van der Waals surface area contributed by atoms with Gasteiger partial charge in [0.15, 0.2) is 17.5 Å². The Bertz CT molecular complexity index is 1790. The van der Waals surface area contributed by atoms with Gasteiger partial charge in [-0.25, -0.2) is 14.7 Å². The van der Waals surface area contributed by atoms with Crippen LogP contribution in [0.1, 0.15) is 28.4 Å². The number of halogens is 1. The Morgan fingerprint density at radius 2 is 1.59 bits per heavy atom. The van der Waals surface area contributed by atoms with Gasteiger partial charge in [-0.05, 0) is 73.5 Å². The fourth-order valence-corrected chi connectivity index (χ4v) is 5.82. The highest BCUT2D eigenvalue weighted by Crippen LogP contribution is 2.48. The lowest BCUT2D eigenvalue weighted by Crippen LogP contribution is -2.46. The SMILES string of the molecule is Cc1cccc(NC2=Nc3ccccc3N3C2=Nc2c(c(C)nn2-c2ccccc2)C3c2cccc(Br)c2)c1. The van der Waals surface area contributed by atoms with Gasteiger partial charge in [0.25, 0.3) is 0 Å². The summed E-state index contributed by atoms with van der Waals surface area (Å²) in [5, 5.41) is 8.59. The highest BCUT2D eigenvalue weighted by Gasteiger charge is 2.41. The van der Waals surface area contributed by atoms with Gasteiger partial charge in [-0.3, -0.25) is 0 Å². The predicted octanol–water partition coefficient (Wildman–Crippen LogP) is 8.05. The number of para-hydroxylation sites is 3. The molecule has 39 heavy (non-hydrogen) atoms. The minimum absolute atomic E-state index is 0.159. The predicted molar refractivity (Wildman–Crippen MR) is 162 cm³/mol. The van der Waals surface area contributed by atoms with Crippen molar-refractivity contribution in [3.63, 3.8) is 0 Å². The first-order chi connectivity index (χ1) is 19.1. The second kappa shape index (κ2) is 9.36. The first kappa shape index (κ1) is 23.6. The van der Waals surface area contributed by atoms with E-state index in [2.05, 4.69) is 113 Å². The molecule has 1 aromatic heterocycles. The second-order valence-electron chi connectivity index (χ2n) is 9.78. The van der Waals surface area contributed by atoms with E-state index in [9.17, 15) is 0 Å². The minimum atomic E-state index is -0.159. The summed E-state index contributed by atoms with van der Waals surface area (Å²) in [5.41, 5.74) is 8.16. The lowest BCUT2D eigenvalue weighted by atomic mass is 9.93. The molecule has 0 spiro atoms. The fraction of sp³-hybridized carbons (Fsp3) is 0.0938. The molecule has 0 radical (unpaired) electrons. The summed E-state index contributed by atoms with van der Waals surface area (Å²) in [5.74, 6) is 2.27. The summed E-state index contributed by atoms with van der Waals surface area (Å²) in [4.78, 5) is 12.7. The molecule has 6 nitrogen and oxygen atoms in total. The Morgan fingerprint density at radius 1 is 0.795 bits per heavy atom. The van der Waals surface area contributed by atoms with Crippen molar-refractivity contribution < 1.29 is 0 Å². The minimum Gasteiger partial charge on any atom is -0.337 e. The molecule has 0 fully saturated rings. The van der Waals surface area contributed by atoms with E-state index in [1.807, 2.05) is 35.0 Å². The van der Waals surface area contributed by atoms with Crippen LogP contribution in [0, 0.1) is 13.8 Å². The number of hydrogen-bond acceptors (Lipinski definition) is 5. The van der Waals surface area contributed by atoms with Gasteiger partial charge >= 0.3 is 0 Å². The monoisotopic (exact) mass is 572 g/mol. The van der Waals surface area contributed by atoms with E-state index in [1.165, 1.54) is 5.56 Å². The Hall–Kier alpha value is -4.49. The molecule has 5 aromatic rings. The third-order valence-corrected chi connectivity index (χ3v) is 7.58. The smallest absolute Gasteiger partial charge is 0.179 e. The molecule has 0 aliphatic carbocycles. The number of aliphatic imine (C=N–C) groups is 2. The van der Waals surface area contributed by atoms with Crippen molar-refractivity contribution in [1.82, 2.24) is 9.78 Å². The molecule has 0 saturated carbocycles. The van der Waals surface area contributed by atoms with Crippen LogP contribution in [0.3, 0.4) is 0 Å². The van der Waals surface area contributed by atoms with Crippen LogP contribution in [0.15, 0.2) is 118 Å². The fourth-order valence-electron chi connectivity index (χ4n) is 5.40. The normalized spacial score (nSPS) is 15.6. The first-order valence-electron chi connectivity index (χ1n) is 12.9. The number of anilines is 2. The first-order valence-corrected chi connectivity index (χ1v) is 13.7. The highest BCUT2D eigenvalue weighted by molar-refractivity contribution is 9.10. The maximum Gasteiger partial charge on any atom is 0.179 e. The van der Waals surface area contributed by atoms with Crippen LogP contribution < -0.4 is 10.2 Å². The van der Waals surface area contributed by atoms with Crippen molar-refractivity contribution >= 4 is 50.5 Å². The van der Waals surface area contributed by atoms with Crippen LogP contribution in [0.4, 0.5) is 22.9 Å². The molecule has 1 N–H and O–H groups in total. The maximum atomic E-state index is 5.30. The van der Waals surface area contributed by atoms with Crippen molar-refractivity contribution in [2.75, 3.05) is 10.2 Å². The van der Waals surface area contributed by atoms with Crippen molar-refractivity contribution in [1.29, 1.82) is 0 Å². The molecule has 7 rings (SSSR count). The van der Waals surface area contributed by atoms with Gasteiger partial charge < -0.3 is 10.2 Å². The molecule has 3 heterocycles. The molecule has 0 saturated heterocycles. The maximum absolute atomic E-state index is 5.30. The summed E-state index contributed by atoms with van der Waals surface area (Å²) in [6.07, 6.45) is 0. The van der Waals surface area contributed by atoms with Crippen LogP contribution in [0.5, 0.6) is 0 Å².